The van der Waals surface area contributed by atoms with Crippen LogP contribution < -0.4 is 5.32 Å². The van der Waals surface area contributed by atoms with Gasteiger partial charge in [0.15, 0.2) is 0 Å². The molecule has 6 heteroatoms. The molecule has 1 heterocycles. The predicted octanol–water partition coefficient (Wildman–Crippen LogP) is 3.79. The summed E-state index contributed by atoms with van der Waals surface area (Å²) in [7, 11) is -3.46. The number of nitrogens with zero attached hydrogens (tertiary/aromatic N) is 1. The van der Waals surface area contributed by atoms with Gasteiger partial charge in [0.2, 0.25) is 15.9 Å². The lowest BCUT2D eigenvalue weighted by Gasteiger charge is -2.31. The number of rotatable bonds is 5. The quantitative estimate of drug-likeness (QED) is 0.830. The number of nitrogens with one attached hydrogen (secondary N) is 1. The highest BCUT2D eigenvalue weighted by atomic mass is 32.2. The molecule has 0 bridgehead atoms. The van der Waals surface area contributed by atoms with E-state index >= 15 is 0 Å². The van der Waals surface area contributed by atoms with Crippen molar-refractivity contribution in [3.05, 3.63) is 64.7 Å². The molecule has 2 aromatic carbocycles. The summed E-state index contributed by atoms with van der Waals surface area (Å²) >= 11 is 0. The minimum Gasteiger partial charge on any atom is -0.326 e. The molecular weight excluding hydrogens is 372 g/mol. The van der Waals surface area contributed by atoms with Crippen LogP contribution in [0.1, 0.15) is 35.1 Å². The SMILES string of the molecule is Cc1cc(C)cc(NC(=O)C2CCCN(S(=O)(=O)Cc3ccccc3C)C2)c1. The molecule has 1 amide bonds. The summed E-state index contributed by atoms with van der Waals surface area (Å²) in [4.78, 5) is 12.7. The number of carbonyl (C=O) groups is 1. The second kappa shape index (κ2) is 8.45. The van der Waals surface area contributed by atoms with Gasteiger partial charge in [-0.2, -0.15) is 0 Å². The van der Waals surface area contributed by atoms with Gasteiger partial charge in [0.1, 0.15) is 0 Å². The number of amides is 1. The van der Waals surface area contributed by atoms with E-state index in [1.807, 2.05) is 57.2 Å². The zero-order chi connectivity index (χ0) is 20.3. The summed E-state index contributed by atoms with van der Waals surface area (Å²) in [5.41, 5.74) is 4.71. The van der Waals surface area contributed by atoms with Gasteiger partial charge in [-0.3, -0.25) is 4.79 Å². The summed E-state index contributed by atoms with van der Waals surface area (Å²) in [5.74, 6) is -0.465. The molecule has 0 radical (unpaired) electrons. The van der Waals surface area contributed by atoms with Gasteiger partial charge in [0.25, 0.3) is 0 Å². The Labute approximate surface area is 167 Å². The average Bonchev–Trinajstić information content (AvgIpc) is 2.63. The van der Waals surface area contributed by atoms with E-state index in [1.54, 1.807) is 0 Å². The van der Waals surface area contributed by atoms with Crippen molar-refractivity contribution in [3.63, 3.8) is 0 Å². The van der Waals surface area contributed by atoms with Crippen molar-refractivity contribution in [1.82, 2.24) is 4.31 Å². The second-order valence-electron chi connectivity index (χ2n) is 7.75. The van der Waals surface area contributed by atoms with Crippen LogP contribution in [-0.4, -0.2) is 31.7 Å². The van der Waals surface area contributed by atoms with Crippen molar-refractivity contribution >= 4 is 21.6 Å². The Morgan fingerprint density at radius 3 is 2.46 bits per heavy atom. The molecule has 1 atom stereocenters. The number of hydrogen-bond acceptors (Lipinski definition) is 3. The molecule has 1 saturated heterocycles. The maximum absolute atomic E-state index is 12.9. The fourth-order valence-electron chi connectivity index (χ4n) is 3.76. The lowest BCUT2D eigenvalue weighted by molar-refractivity contribution is -0.120. The van der Waals surface area contributed by atoms with Crippen molar-refractivity contribution < 1.29 is 13.2 Å². The van der Waals surface area contributed by atoms with E-state index in [9.17, 15) is 13.2 Å². The fourth-order valence-corrected chi connectivity index (χ4v) is 5.47. The minimum atomic E-state index is -3.46. The highest BCUT2D eigenvalue weighted by Crippen LogP contribution is 2.24. The van der Waals surface area contributed by atoms with Gasteiger partial charge >= 0.3 is 0 Å². The van der Waals surface area contributed by atoms with E-state index in [4.69, 9.17) is 0 Å². The number of carbonyl (C=O) groups excluding carboxylic acids is 1. The van der Waals surface area contributed by atoms with Crippen LogP contribution in [0.4, 0.5) is 5.69 Å². The Kier molecular flexibility index (Phi) is 6.20. The third-order valence-corrected chi connectivity index (χ3v) is 7.03. The van der Waals surface area contributed by atoms with E-state index in [0.29, 0.717) is 19.4 Å². The minimum absolute atomic E-state index is 0.0227. The third kappa shape index (κ3) is 5.00. The van der Waals surface area contributed by atoms with Crippen molar-refractivity contribution in [2.45, 2.75) is 39.4 Å². The zero-order valence-electron chi connectivity index (χ0n) is 16.7. The lowest BCUT2D eigenvalue weighted by Crippen LogP contribution is -2.44. The first-order valence-electron chi connectivity index (χ1n) is 9.66. The molecule has 5 nitrogen and oxygen atoms in total. The standard InChI is InChI=1S/C22H28N2O3S/c1-16-11-17(2)13-21(12-16)23-22(25)19-9-6-10-24(14-19)28(26,27)15-20-8-5-4-7-18(20)3/h4-5,7-8,11-13,19H,6,9-10,14-15H2,1-3H3,(H,23,25). The summed E-state index contributed by atoms with van der Waals surface area (Å²) in [6.07, 6.45) is 1.39. The Bertz CT molecular complexity index is 949. The second-order valence-corrected chi connectivity index (χ2v) is 9.71. The Morgan fingerprint density at radius 2 is 1.79 bits per heavy atom. The molecule has 150 valence electrons. The topological polar surface area (TPSA) is 66.5 Å². The summed E-state index contributed by atoms with van der Waals surface area (Å²) in [5, 5.41) is 2.96. The fraction of sp³-hybridized carbons (Fsp3) is 0.409. The zero-order valence-corrected chi connectivity index (χ0v) is 17.6. The van der Waals surface area contributed by atoms with Crippen LogP contribution in [0.3, 0.4) is 0 Å². The van der Waals surface area contributed by atoms with Gasteiger partial charge in [0.05, 0.1) is 11.7 Å². The largest absolute Gasteiger partial charge is 0.326 e. The molecule has 0 aromatic heterocycles. The number of anilines is 1. The van der Waals surface area contributed by atoms with Gasteiger partial charge in [-0.05, 0) is 68.0 Å². The van der Waals surface area contributed by atoms with Gasteiger partial charge < -0.3 is 5.32 Å². The van der Waals surface area contributed by atoms with Crippen molar-refractivity contribution in [2.75, 3.05) is 18.4 Å². The smallest absolute Gasteiger partial charge is 0.228 e. The van der Waals surface area contributed by atoms with E-state index in [0.717, 1.165) is 27.9 Å². The first kappa shape index (κ1) is 20.6. The van der Waals surface area contributed by atoms with E-state index < -0.39 is 10.0 Å². The number of benzene rings is 2. The Hall–Kier alpha value is -2.18. The average molecular weight is 401 g/mol. The van der Waals surface area contributed by atoms with Crippen LogP contribution in [0, 0.1) is 26.7 Å². The van der Waals surface area contributed by atoms with Gasteiger partial charge in [-0.15, -0.1) is 0 Å². The van der Waals surface area contributed by atoms with E-state index in [2.05, 4.69) is 11.4 Å². The van der Waals surface area contributed by atoms with Crippen LogP contribution in [-0.2, 0) is 20.6 Å². The molecular formula is C22H28N2O3S. The van der Waals surface area contributed by atoms with Crippen LogP contribution in [0.15, 0.2) is 42.5 Å². The molecule has 3 rings (SSSR count). The summed E-state index contributed by atoms with van der Waals surface area (Å²) in [6, 6.07) is 13.4. The van der Waals surface area contributed by atoms with Crippen molar-refractivity contribution in [2.24, 2.45) is 5.92 Å². The molecule has 1 aliphatic rings. The molecule has 28 heavy (non-hydrogen) atoms. The molecule has 1 fully saturated rings. The number of piperidine rings is 1. The highest BCUT2D eigenvalue weighted by molar-refractivity contribution is 7.88. The van der Waals surface area contributed by atoms with Crippen LogP contribution >= 0.6 is 0 Å². The molecule has 2 aromatic rings. The summed E-state index contributed by atoms with van der Waals surface area (Å²) < 4.78 is 27.3. The van der Waals surface area contributed by atoms with Crippen LogP contribution in [0.25, 0.3) is 0 Å². The maximum Gasteiger partial charge on any atom is 0.228 e. The maximum atomic E-state index is 12.9. The highest BCUT2D eigenvalue weighted by Gasteiger charge is 2.32. The Balaban J connectivity index is 1.69. The van der Waals surface area contributed by atoms with Gasteiger partial charge in [-0.1, -0.05) is 30.3 Å². The van der Waals surface area contributed by atoms with Crippen molar-refractivity contribution in [3.8, 4) is 0 Å². The summed E-state index contributed by atoms with van der Waals surface area (Å²) in [6.45, 7) is 6.61. The van der Waals surface area contributed by atoms with E-state index in [1.165, 1.54) is 4.31 Å². The van der Waals surface area contributed by atoms with Gasteiger partial charge in [-0.25, -0.2) is 12.7 Å². The third-order valence-electron chi connectivity index (χ3n) is 5.24. The number of hydrogen-bond donors (Lipinski definition) is 1. The monoisotopic (exact) mass is 400 g/mol. The first-order valence-corrected chi connectivity index (χ1v) is 11.3. The lowest BCUT2D eigenvalue weighted by atomic mass is 9.98. The normalized spacial score (nSPS) is 18.0. The molecule has 0 spiro atoms. The number of sulfonamides is 1. The Morgan fingerprint density at radius 1 is 1.11 bits per heavy atom. The predicted molar refractivity (Wildman–Crippen MR) is 113 cm³/mol. The van der Waals surface area contributed by atoms with Crippen LogP contribution in [0.5, 0.6) is 0 Å². The number of aryl methyl sites for hydroxylation is 3. The first-order chi connectivity index (χ1) is 13.2. The van der Waals surface area contributed by atoms with Crippen molar-refractivity contribution in [1.29, 1.82) is 0 Å². The molecule has 1 unspecified atom stereocenters. The molecule has 0 saturated carbocycles. The molecule has 0 aliphatic carbocycles. The molecule has 1 aliphatic heterocycles. The van der Waals surface area contributed by atoms with E-state index in [-0.39, 0.29) is 24.1 Å². The van der Waals surface area contributed by atoms with Crippen LogP contribution in [0.2, 0.25) is 0 Å². The van der Waals surface area contributed by atoms with Gasteiger partial charge in [0, 0.05) is 18.8 Å². The molecule has 1 N–H and O–H groups in total.